The Kier molecular flexibility index (Phi) is 5.22. The van der Waals surface area contributed by atoms with Gasteiger partial charge in [0, 0.05) is 6.54 Å². The molecule has 0 unspecified atom stereocenters. The summed E-state index contributed by atoms with van der Waals surface area (Å²) in [4.78, 5) is 28.2. The van der Waals surface area contributed by atoms with Crippen molar-refractivity contribution in [1.29, 1.82) is 0 Å². The lowest BCUT2D eigenvalue weighted by Crippen LogP contribution is -2.21. The maximum absolute atomic E-state index is 13.7. The number of para-hydroxylation sites is 2. The second kappa shape index (κ2) is 8.68. The molecule has 0 saturated carbocycles. The number of hydrogen-bond donors (Lipinski definition) is 0. The fourth-order valence-corrected chi connectivity index (χ4v) is 4.48. The van der Waals surface area contributed by atoms with Gasteiger partial charge in [0.2, 0.25) is 0 Å². The summed E-state index contributed by atoms with van der Waals surface area (Å²) in [7, 11) is 1.66. The molecule has 0 aliphatic rings. The molecule has 35 heavy (non-hydrogen) atoms. The van der Waals surface area contributed by atoms with Crippen LogP contribution in [0, 0.1) is 0 Å². The summed E-state index contributed by atoms with van der Waals surface area (Å²) in [5.41, 5.74) is 5.50. The van der Waals surface area contributed by atoms with Gasteiger partial charge in [0.1, 0.15) is 23.0 Å². The summed E-state index contributed by atoms with van der Waals surface area (Å²) in [5.74, 6) is 0.823. The molecule has 3 aromatic heterocycles. The molecule has 0 bridgehead atoms. The van der Waals surface area contributed by atoms with Gasteiger partial charge in [-0.25, -0.2) is 15.0 Å². The summed E-state index contributed by atoms with van der Waals surface area (Å²) in [6.07, 6.45) is 2.38. The first-order valence-electron chi connectivity index (χ1n) is 11.5. The average molecular weight is 462 g/mol. The van der Waals surface area contributed by atoms with Crippen LogP contribution in [-0.2, 0) is 19.5 Å². The number of hydrogen-bond acceptors (Lipinski definition) is 5. The third-order valence-corrected chi connectivity index (χ3v) is 6.30. The Hall–Kier alpha value is -4.52. The van der Waals surface area contributed by atoms with E-state index < -0.39 is 0 Å². The molecule has 0 fully saturated rings. The third kappa shape index (κ3) is 3.81. The van der Waals surface area contributed by atoms with Crippen LogP contribution in [-0.4, -0.2) is 31.2 Å². The number of benzene rings is 3. The lowest BCUT2D eigenvalue weighted by atomic mass is 10.1. The highest BCUT2D eigenvalue weighted by Crippen LogP contribution is 2.25. The first kappa shape index (κ1) is 21.0. The third-order valence-electron chi connectivity index (χ3n) is 6.30. The fourth-order valence-electron chi connectivity index (χ4n) is 4.48. The van der Waals surface area contributed by atoms with Crippen LogP contribution >= 0.6 is 0 Å². The number of rotatable bonds is 6. The first-order chi connectivity index (χ1) is 17.2. The number of methoxy groups -OCH3 is 1. The van der Waals surface area contributed by atoms with Crippen LogP contribution in [0.1, 0.15) is 11.1 Å². The zero-order chi connectivity index (χ0) is 23.8. The minimum Gasteiger partial charge on any atom is -0.497 e. The van der Waals surface area contributed by atoms with Crippen LogP contribution in [0.5, 0.6) is 5.75 Å². The number of nitrogens with zero attached hydrogens (tertiary/aromatic N) is 5. The van der Waals surface area contributed by atoms with E-state index in [-0.39, 0.29) is 5.56 Å². The molecule has 3 aromatic carbocycles. The Morgan fingerprint density at radius 3 is 2.26 bits per heavy atom. The van der Waals surface area contributed by atoms with Crippen molar-refractivity contribution in [1.82, 2.24) is 24.1 Å². The van der Waals surface area contributed by atoms with Gasteiger partial charge in [-0.1, -0.05) is 54.6 Å². The summed E-state index contributed by atoms with van der Waals surface area (Å²) < 4.78 is 8.93. The highest BCUT2D eigenvalue weighted by molar-refractivity contribution is 6.04. The molecule has 172 valence electrons. The predicted molar refractivity (Wildman–Crippen MR) is 137 cm³/mol. The minimum atomic E-state index is -0.114. The Labute approximate surface area is 201 Å². The molecule has 0 spiro atoms. The van der Waals surface area contributed by atoms with Gasteiger partial charge in [0.15, 0.2) is 11.3 Å². The largest absolute Gasteiger partial charge is 0.497 e. The van der Waals surface area contributed by atoms with Gasteiger partial charge in [-0.3, -0.25) is 9.36 Å². The van der Waals surface area contributed by atoms with Crippen molar-refractivity contribution in [2.24, 2.45) is 0 Å². The number of aromatic nitrogens is 5. The normalized spacial score (nSPS) is 11.5. The zero-order valence-electron chi connectivity index (χ0n) is 19.3. The van der Waals surface area contributed by atoms with E-state index in [1.807, 2.05) is 83.4 Å². The predicted octanol–water partition coefficient (Wildman–Crippen LogP) is 4.59. The highest BCUT2D eigenvalue weighted by atomic mass is 16.5. The van der Waals surface area contributed by atoms with E-state index in [4.69, 9.17) is 19.7 Å². The topological polar surface area (TPSA) is 74.8 Å². The maximum atomic E-state index is 13.7. The molecule has 3 heterocycles. The molecule has 0 atom stereocenters. The van der Waals surface area contributed by atoms with Crippen molar-refractivity contribution in [3.05, 3.63) is 107 Å². The monoisotopic (exact) mass is 461 g/mol. The Balaban J connectivity index is 1.51. The molecule has 0 N–H and O–H groups in total. The van der Waals surface area contributed by atoms with E-state index in [0.717, 1.165) is 34.3 Å². The molecular weight excluding hydrogens is 438 g/mol. The summed E-state index contributed by atoms with van der Waals surface area (Å²) >= 11 is 0. The Morgan fingerprint density at radius 1 is 0.800 bits per heavy atom. The van der Waals surface area contributed by atoms with Crippen molar-refractivity contribution >= 4 is 33.2 Å². The Morgan fingerprint density at radius 2 is 1.51 bits per heavy atom. The molecule has 6 rings (SSSR count). The number of fused-ring (bicyclic) bond motifs is 4. The molecule has 0 aliphatic carbocycles. The van der Waals surface area contributed by atoms with Gasteiger partial charge < -0.3 is 9.30 Å². The van der Waals surface area contributed by atoms with Crippen LogP contribution < -0.4 is 10.3 Å². The highest BCUT2D eigenvalue weighted by Gasteiger charge is 2.19. The molecule has 0 radical (unpaired) electrons. The van der Waals surface area contributed by atoms with Crippen LogP contribution in [0.2, 0.25) is 0 Å². The van der Waals surface area contributed by atoms with Gasteiger partial charge in [0.25, 0.3) is 5.56 Å². The molecule has 0 saturated heterocycles. The quantitative estimate of drug-likeness (QED) is 0.363. The van der Waals surface area contributed by atoms with Crippen molar-refractivity contribution in [2.45, 2.75) is 19.5 Å². The van der Waals surface area contributed by atoms with Gasteiger partial charge in [-0.05, 0) is 41.8 Å². The standard InChI is InChI=1S/C28H23N5O2/c1-35-21-13-11-19(12-14-21)15-16-33-26-24(25-27(33)31-23-10-6-5-9-22(23)30-25)28(34)32(18-29-26)17-20-7-3-2-4-8-20/h2-14,18H,15-17H2,1H3. The second-order valence-corrected chi connectivity index (χ2v) is 8.50. The molecule has 6 aromatic rings. The van der Waals surface area contributed by atoms with E-state index in [2.05, 4.69) is 0 Å². The second-order valence-electron chi connectivity index (χ2n) is 8.50. The zero-order valence-corrected chi connectivity index (χ0v) is 19.3. The molecule has 0 amide bonds. The van der Waals surface area contributed by atoms with Crippen molar-refractivity contribution in [2.75, 3.05) is 7.11 Å². The average Bonchev–Trinajstić information content (AvgIpc) is 3.21. The van der Waals surface area contributed by atoms with Gasteiger partial charge in [0.05, 0.1) is 24.7 Å². The van der Waals surface area contributed by atoms with Crippen LogP contribution in [0.3, 0.4) is 0 Å². The Bertz CT molecular complexity index is 1720. The fraction of sp³-hybridized carbons (Fsp3) is 0.143. The molecule has 7 heteroatoms. The minimum absolute atomic E-state index is 0.114. The maximum Gasteiger partial charge on any atom is 0.265 e. The van der Waals surface area contributed by atoms with Gasteiger partial charge in [-0.2, -0.15) is 0 Å². The van der Waals surface area contributed by atoms with Gasteiger partial charge in [-0.15, -0.1) is 0 Å². The lowest BCUT2D eigenvalue weighted by Gasteiger charge is -2.08. The van der Waals surface area contributed by atoms with Gasteiger partial charge >= 0.3 is 0 Å². The van der Waals surface area contributed by atoms with E-state index in [1.54, 1.807) is 18.0 Å². The summed E-state index contributed by atoms with van der Waals surface area (Å²) in [6.45, 7) is 1.07. The van der Waals surface area contributed by atoms with Crippen molar-refractivity contribution in [3.8, 4) is 5.75 Å². The van der Waals surface area contributed by atoms with Crippen LogP contribution in [0.15, 0.2) is 90.0 Å². The van der Waals surface area contributed by atoms with E-state index in [9.17, 15) is 4.79 Å². The SMILES string of the molecule is COc1ccc(CCn2c3nc4ccccc4nc3c3c(=O)n(Cc4ccccc4)cnc32)cc1. The van der Waals surface area contributed by atoms with Crippen LogP contribution in [0.25, 0.3) is 33.2 Å². The first-order valence-corrected chi connectivity index (χ1v) is 11.5. The van der Waals surface area contributed by atoms with Crippen molar-refractivity contribution < 1.29 is 4.74 Å². The molecule has 7 nitrogen and oxygen atoms in total. The number of ether oxygens (including phenoxy) is 1. The summed E-state index contributed by atoms with van der Waals surface area (Å²) in [5, 5.41) is 0.506. The van der Waals surface area contributed by atoms with E-state index >= 15 is 0 Å². The smallest absolute Gasteiger partial charge is 0.265 e. The summed E-state index contributed by atoms with van der Waals surface area (Å²) in [6, 6.07) is 25.6. The molecular formula is C28H23N5O2. The number of aryl methyl sites for hydroxylation is 2. The lowest BCUT2D eigenvalue weighted by molar-refractivity contribution is 0.414. The molecule has 0 aliphatic heterocycles. The van der Waals surface area contributed by atoms with E-state index in [0.29, 0.717) is 35.3 Å². The van der Waals surface area contributed by atoms with Crippen LogP contribution in [0.4, 0.5) is 0 Å². The van der Waals surface area contributed by atoms with Crippen molar-refractivity contribution in [3.63, 3.8) is 0 Å². The van der Waals surface area contributed by atoms with E-state index in [1.165, 1.54) is 0 Å².